The first kappa shape index (κ1) is 16.2. The minimum absolute atomic E-state index is 0.0947. The van der Waals surface area contributed by atoms with Crippen molar-refractivity contribution in [2.75, 3.05) is 18.0 Å². The number of carbonyl (C=O) groups excluding carboxylic acids is 1. The molecule has 130 valence electrons. The van der Waals surface area contributed by atoms with Gasteiger partial charge in [0.25, 0.3) is 0 Å². The Morgan fingerprint density at radius 3 is 2.40 bits per heavy atom. The van der Waals surface area contributed by atoms with Gasteiger partial charge in [-0.05, 0) is 37.0 Å². The predicted octanol–water partition coefficient (Wildman–Crippen LogP) is 3.98. The van der Waals surface area contributed by atoms with Crippen molar-refractivity contribution >= 4 is 11.6 Å². The lowest BCUT2D eigenvalue weighted by Crippen LogP contribution is -2.59. The van der Waals surface area contributed by atoms with Gasteiger partial charge >= 0.3 is 0 Å². The standard InChI is InChI=1S/C22H26N2O/c1-21(2)18-13-7-8-14-19(18)24-16-20(25)23(22(21,24)3)15-9-12-17-10-5-4-6-11-17/h4-8,10-11,13-14H,9,12,15-16H2,1-3H3/t22-/m0/s1. The van der Waals surface area contributed by atoms with E-state index in [1.807, 2.05) is 6.07 Å². The van der Waals surface area contributed by atoms with E-state index in [9.17, 15) is 4.79 Å². The molecule has 0 aliphatic carbocycles. The summed E-state index contributed by atoms with van der Waals surface area (Å²) in [5.41, 5.74) is 3.52. The Bertz CT molecular complexity index is 799. The maximum absolute atomic E-state index is 12.8. The van der Waals surface area contributed by atoms with Crippen LogP contribution < -0.4 is 4.90 Å². The average molecular weight is 334 g/mol. The van der Waals surface area contributed by atoms with Crippen LogP contribution in [0.15, 0.2) is 54.6 Å². The van der Waals surface area contributed by atoms with Crippen molar-refractivity contribution in [1.29, 1.82) is 0 Å². The summed E-state index contributed by atoms with van der Waals surface area (Å²) in [5, 5.41) is 0. The van der Waals surface area contributed by atoms with Crippen LogP contribution in [0.25, 0.3) is 0 Å². The molecular weight excluding hydrogens is 308 g/mol. The van der Waals surface area contributed by atoms with Gasteiger partial charge in [-0.25, -0.2) is 0 Å². The van der Waals surface area contributed by atoms with Crippen LogP contribution in [-0.2, 0) is 16.6 Å². The van der Waals surface area contributed by atoms with Gasteiger partial charge in [0.15, 0.2) is 0 Å². The van der Waals surface area contributed by atoms with Crippen LogP contribution in [0.3, 0.4) is 0 Å². The van der Waals surface area contributed by atoms with Crippen molar-refractivity contribution in [1.82, 2.24) is 4.90 Å². The highest BCUT2D eigenvalue weighted by Crippen LogP contribution is 2.55. The van der Waals surface area contributed by atoms with Gasteiger partial charge in [0.05, 0.1) is 6.54 Å². The van der Waals surface area contributed by atoms with E-state index in [0.29, 0.717) is 6.54 Å². The molecule has 1 fully saturated rings. The van der Waals surface area contributed by atoms with Crippen LogP contribution in [0, 0.1) is 0 Å². The molecular formula is C22H26N2O. The molecule has 2 aromatic rings. The van der Waals surface area contributed by atoms with Gasteiger partial charge in [0.2, 0.25) is 5.91 Å². The van der Waals surface area contributed by atoms with Crippen LogP contribution in [0.5, 0.6) is 0 Å². The van der Waals surface area contributed by atoms with Gasteiger partial charge in [-0.2, -0.15) is 0 Å². The molecule has 2 heterocycles. The van der Waals surface area contributed by atoms with Gasteiger partial charge < -0.3 is 9.80 Å². The molecule has 1 saturated heterocycles. The van der Waals surface area contributed by atoms with Crippen molar-refractivity contribution in [2.45, 2.75) is 44.7 Å². The summed E-state index contributed by atoms with van der Waals surface area (Å²) < 4.78 is 0. The summed E-state index contributed by atoms with van der Waals surface area (Å²) in [6, 6.07) is 19.1. The lowest BCUT2D eigenvalue weighted by atomic mass is 9.76. The number of para-hydroxylation sites is 1. The fourth-order valence-electron chi connectivity index (χ4n) is 4.68. The lowest BCUT2D eigenvalue weighted by Gasteiger charge is -2.46. The van der Waals surface area contributed by atoms with Crippen molar-refractivity contribution in [2.24, 2.45) is 0 Å². The van der Waals surface area contributed by atoms with Gasteiger partial charge in [0, 0.05) is 17.6 Å². The number of carbonyl (C=O) groups is 1. The number of fused-ring (bicyclic) bond motifs is 3. The zero-order chi connectivity index (χ0) is 17.7. The fraction of sp³-hybridized carbons (Fsp3) is 0.409. The van der Waals surface area contributed by atoms with Crippen molar-refractivity contribution in [3.8, 4) is 0 Å². The molecule has 2 aliphatic rings. The zero-order valence-electron chi connectivity index (χ0n) is 15.3. The summed E-state index contributed by atoms with van der Waals surface area (Å²) in [7, 11) is 0. The van der Waals surface area contributed by atoms with E-state index in [4.69, 9.17) is 0 Å². The number of benzene rings is 2. The average Bonchev–Trinajstić information content (AvgIpc) is 2.97. The number of amides is 1. The highest BCUT2D eigenvalue weighted by atomic mass is 16.2. The molecule has 1 atom stereocenters. The Morgan fingerprint density at radius 2 is 1.64 bits per heavy atom. The van der Waals surface area contributed by atoms with Crippen molar-refractivity contribution in [3.05, 3.63) is 65.7 Å². The van der Waals surface area contributed by atoms with E-state index in [1.54, 1.807) is 0 Å². The van der Waals surface area contributed by atoms with Crippen LogP contribution in [0.2, 0.25) is 0 Å². The van der Waals surface area contributed by atoms with E-state index < -0.39 is 0 Å². The summed E-state index contributed by atoms with van der Waals surface area (Å²) in [6.07, 6.45) is 2.00. The zero-order valence-corrected chi connectivity index (χ0v) is 15.3. The first-order valence-electron chi connectivity index (χ1n) is 9.18. The van der Waals surface area contributed by atoms with Crippen LogP contribution in [-0.4, -0.2) is 29.6 Å². The predicted molar refractivity (Wildman–Crippen MR) is 102 cm³/mol. The number of hydrogen-bond donors (Lipinski definition) is 0. The lowest BCUT2D eigenvalue weighted by molar-refractivity contribution is -0.131. The Hall–Kier alpha value is -2.29. The molecule has 0 saturated carbocycles. The third-order valence-corrected chi connectivity index (χ3v) is 6.39. The van der Waals surface area contributed by atoms with Gasteiger partial charge in [-0.3, -0.25) is 4.79 Å². The first-order chi connectivity index (χ1) is 12.0. The van der Waals surface area contributed by atoms with Crippen LogP contribution >= 0.6 is 0 Å². The quantitative estimate of drug-likeness (QED) is 0.844. The normalized spacial score (nSPS) is 23.7. The van der Waals surface area contributed by atoms with E-state index in [2.05, 4.69) is 79.1 Å². The maximum atomic E-state index is 12.8. The van der Waals surface area contributed by atoms with E-state index in [1.165, 1.54) is 16.8 Å². The van der Waals surface area contributed by atoms with Gasteiger partial charge in [-0.1, -0.05) is 62.4 Å². The molecule has 0 aromatic heterocycles. The van der Waals surface area contributed by atoms with E-state index in [-0.39, 0.29) is 17.0 Å². The Balaban J connectivity index is 1.59. The molecule has 0 radical (unpaired) electrons. The molecule has 0 unspecified atom stereocenters. The van der Waals surface area contributed by atoms with E-state index in [0.717, 1.165) is 19.4 Å². The molecule has 4 rings (SSSR count). The van der Waals surface area contributed by atoms with Gasteiger partial charge in [0.1, 0.15) is 5.66 Å². The highest BCUT2D eigenvalue weighted by molar-refractivity contribution is 5.90. The molecule has 3 nitrogen and oxygen atoms in total. The molecule has 0 N–H and O–H groups in total. The fourth-order valence-corrected chi connectivity index (χ4v) is 4.68. The number of aryl methyl sites for hydroxylation is 1. The molecule has 0 spiro atoms. The Morgan fingerprint density at radius 1 is 0.960 bits per heavy atom. The molecule has 25 heavy (non-hydrogen) atoms. The molecule has 1 amide bonds. The van der Waals surface area contributed by atoms with Crippen molar-refractivity contribution in [3.63, 3.8) is 0 Å². The van der Waals surface area contributed by atoms with Crippen LogP contribution in [0.1, 0.15) is 38.3 Å². The minimum atomic E-state index is -0.287. The second-order valence-corrected chi connectivity index (χ2v) is 7.88. The van der Waals surface area contributed by atoms with Crippen LogP contribution in [0.4, 0.5) is 5.69 Å². The number of anilines is 1. The molecule has 2 aromatic carbocycles. The Kier molecular flexibility index (Phi) is 3.64. The SMILES string of the molecule is CC1(C)c2ccccc2N2CC(=O)N(CCCc3ccccc3)[C@@]21C. The Labute approximate surface area is 150 Å². The number of rotatable bonds is 4. The first-order valence-corrected chi connectivity index (χ1v) is 9.18. The minimum Gasteiger partial charge on any atom is -0.338 e. The van der Waals surface area contributed by atoms with Gasteiger partial charge in [-0.15, -0.1) is 0 Å². The molecule has 2 aliphatic heterocycles. The third-order valence-electron chi connectivity index (χ3n) is 6.39. The largest absolute Gasteiger partial charge is 0.338 e. The number of hydrogen-bond acceptors (Lipinski definition) is 2. The second kappa shape index (κ2) is 5.62. The summed E-state index contributed by atoms with van der Waals surface area (Å²) in [5.74, 6) is 0.248. The molecule has 0 bridgehead atoms. The highest BCUT2D eigenvalue weighted by Gasteiger charge is 2.62. The smallest absolute Gasteiger partial charge is 0.244 e. The summed E-state index contributed by atoms with van der Waals surface area (Å²) in [6.45, 7) is 8.07. The second-order valence-electron chi connectivity index (χ2n) is 7.88. The maximum Gasteiger partial charge on any atom is 0.244 e. The number of nitrogens with zero attached hydrogens (tertiary/aromatic N) is 2. The summed E-state index contributed by atoms with van der Waals surface area (Å²) >= 11 is 0. The summed E-state index contributed by atoms with van der Waals surface area (Å²) in [4.78, 5) is 17.3. The van der Waals surface area contributed by atoms with E-state index >= 15 is 0 Å². The van der Waals surface area contributed by atoms with Crippen molar-refractivity contribution < 1.29 is 4.79 Å². The molecule has 3 heteroatoms. The topological polar surface area (TPSA) is 23.6 Å². The third kappa shape index (κ3) is 2.21. The monoisotopic (exact) mass is 334 g/mol.